The van der Waals surface area contributed by atoms with E-state index < -0.39 is 24.2 Å². The molecule has 0 heterocycles. The van der Waals surface area contributed by atoms with Crippen molar-refractivity contribution in [2.45, 2.75) is 13.8 Å². The second-order valence-electron chi connectivity index (χ2n) is 7.79. The summed E-state index contributed by atoms with van der Waals surface area (Å²) in [5.41, 5.74) is 2.98. The van der Waals surface area contributed by atoms with Crippen LogP contribution in [0.3, 0.4) is 0 Å². The third-order valence-electron chi connectivity index (χ3n) is 5.05. The van der Waals surface area contributed by atoms with Crippen molar-refractivity contribution in [3.05, 3.63) is 87.2 Å². The Morgan fingerprint density at radius 3 is 2.50 bits per heavy atom. The summed E-state index contributed by atoms with van der Waals surface area (Å²) in [7, 11) is 1.42. The van der Waals surface area contributed by atoms with Crippen molar-refractivity contribution in [1.82, 2.24) is 0 Å². The van der Waals surface area contributed by atoms with E-state index in [0.29, 0.717) is 15.7 Å². The van der Waals surface area contributed by atoms with Gasteiger partial charge in [-0.3, -0.25) is 9.59 Å². The number of ether oxygens (including phenoxy) is 2. The van der Waals surface area contributed by atoms with Crippen molar-refractivity contribution in [1.29, 1.82) is 5.26 Å². The molecule has 36 heavy (non-hydrogen) atoms. The number of carbonyl (C=O) groups excluding carboxylic acids is 2. The van der Waals surface area contributed by atoms with Crippen LogP contribution < -0.4 is 20.1 Å². The predicted molar refractivity (Wildman–Crippen MR) is 139 cm³/mol. The molecule has 0 aliphatic heterocycles. The molecule has 9 heteroatoms. The Bertz CT molecular complexity index is 1380. The molecular weight excluding hydrogens is 529 g/mol. The van der Waals surface area contributed by atoms with E-state index in [1.807, 2.05) is 32.0 Å². The lowest BCUT2D eigenvalue weighted by Crippen LogP contribution is -2.21. The van der Waals surface area contributed by atoms with E-state index >= 15 is 0 Å². The minimum Gasteiger partial charge on any atom is -0.493 e. The van der Waals surface area contributed by atoms with Gasteiger partial charge in [0.2, 0.25) is 0 Å². The maximum atomic E-state index is 13.7. The van der Waals surface area contributed by atoms with E-state index in [1.54, 1.807) is 24.3 Å². The van der Waals surface area contributed by atoms with Gasteiger partial charge in [0.25, 0.3) is 11.8 Å². The van der Waals surface area contributed by atoms with Crippen LogP contribution in [0.5, 0.6) is 11.5 Å². The van der Waals surface area contributed by atoms with Gasteiger partial charge >= 0.3 is 0 Å². The SMILES string of the molecule is COc1cc(/C=C(\C#N)C(=O)Nc2ccc(C)cc2C)cc(Br)c1OCC(=O)Nc1ccccc1F. The Balaban J connectivity index is 1.76. The fraction of sp³-hybridized carbons (Fsp3) is 0.148. The van der Waals surface area contributed by atoms with Crippen LogP contribution in [0.15, 0.2) is 64.6 Å². The second-order valence-corrected chi connectivity index (χ2v) is 8.65. The molecule has 0 aliphatic carbocycles. The Hall–Kier alpha value is -4.16. The summed E-state index contributed by atoms with van der Waals surface area (Å²) in [6, 6.07) is 16.5. The Morgan fingerprint density at radius 1 is 1.08 bits per heavy atom. The van der Waals surface area contributed by atoms with E-state index in [9.17, 15) is 19.2 Å². The molecule has 0 spiro atoms. The molecule has 0 unspecified atom stereocenters. The third-order valence-corrected chi connectivity index (χ3v) is 5.64. The lowest BCUT2D eigenvalue weighted by atomic mass is 10.1. The van der Waals surface area contributed by atoms with Crippen LogP contribution in [0.2, 0.25) is 0 Å². The molecule has 0 bridgehead atoms. The third kappa shape index (κ3) is 6.71. The number of para-hydroxylation sites is 1. The molecule has 2 N–H and O–H groups in total. The van der Waals surface area contributed by atoms with E-state index in [4.69, 9.17) is 9.47 Å². The number of benzene rings is 3. The lowest BCUT2D eigenvalue weighted by Gasteiger charge is -2.14. The molecule has 0 radical (unpaired) electrons. The summed E-state index contributed by atoms with van der Waals surface area (Å²) in [6.07, 6.45) is 1.42. The lowest BCUT2D eigenvalue weighted by molar-refractivity contribution is -0.118. The van der Waals surface area contributed by atoms with Gasteiger partial charge in [0.05, 0.1) is 17.3 Å². The summed E-state index contributed by atoms with van der Waals surface area (Å²) < 4.78 is 25.2. The molecule has 7 nitrogen and oxygen atoms in total. The van der Waals surface area contributed by atoms with E-state index in [-0.39, 0.29) is 22.8 Å². The van der Waals surface area contributed by atoms with Crippen molar-refractivity contribution < 1.29 is 23.5 Å². The number of hydrogen-bond acceptors (Lipinski definition) is 5. The Labute approximate surface area is 216 Å². The van der Waals surface area contributed by atoms with Crippen LogP contribution in [0.25, 0.3) is 6.08 Å². The van der Waals surface area contributed by atoms with Gasteiger partial charge in [0.1, 0.15) is 17.5 Å². The molecule has 2 amide bonds. The molecule has 0 fully saturated rings. The first kappa shape index (κ1) is 26.4. The minimum atomic E-state index is -0.562. The molecule has 3 rings (SSSR count). The van der Waals surface area contributed by atoms with E-state index in [1.165, 1.54) is 31.4 Å². The smallest absolute Gasteiger partial charge is 0.266 e. The number of nitrogens with zero attached hydrogens (tertiary/aromatic N) is 1. The average Bonchev–Trinajstić information content (AvgIpc) is 2.84. The van der Waals surface area contributed by atoms with Crippen molar-refractivity contribution in [2.24, 2.45) is 0 Å². The zero-order chi connectivity index (χ0) is 26.2. The van der Waals surface area contributed by atoms with Crippen LogP contribution in [-0.2, 0) is 9.59 Å². The van der Waals surface area contributed by atoms with Gasteiger partial charge in [-0.2, -0.15) is 5.26 Å². The number of aryl methyl sites for hydroxylation is 2. The molecule has 0 atom stereocenters. The summed E-state index contributed by atoms with van der Waals surface area (Å²) in [4.78, 5) is 24.9. The highest BCUT2D eigenvalue weighted by molar-refractivity contribution is 9.10. The number of carbonyl (C=O) groups is 2. The summed E-state index contributed by atoms with van der Waals surface area (Å²) in [6.45, 7) is 3.42. The maximum absolute atomic E-state index is 13.7. The van der Waals surface area contributed by atoms with Crippen LogP contribution >= 0.6 is 15.9 Å². The molecular formula is C27H23BrFN3O4. The number of nitrogens with one attached hydrogen (secondary N) is 2. The van der Waals surface area contributed by atoms with Gasteiger partial charge in [-0.25, -0.2) is 4.39 Å². The highest BCUT2D eigenvalue weighted by atomic mass is 79.9. The first-order valence-corrected chi connectivity index (χ1v) is 11.6. The second kappa shape index (κ2) is 12.0. The topological polar surface area (TPSA) is 100 Å². The van der Waals surface area contributed by atoms with Crippen LogP contribution in [0, 0.1) is 31.0 Å². The van der Waals surface area contributed by atoms with Gasteiger partial charge in [-0.15, -0.1) is 0 Å². The molecule has 0 saturated heterocycles. The molecule has 0 aliphatic rings. The maximum Gasteiger partial charge on any atom is 0.266 e. The van der Waals surface area contributed by atoms with Crippen molar-refractivity contribution in [2.75, 3.05) is 24.4 Å². The molecule has 3 aromatic carbocycles. The monoisotopic (exact) mass is 551 g/mol. The summed E-state index contributed by atoms with van der Waals surface area (Å²) in [5.74, 6) is -1.17. The molecule has 3 aromatic rings. The Kier molecular flexibility index (Phi) is 8.81. The highest BCUT2D eigenvalue weighted by Gasteiger charge is 2.16. The molecule has 0 aromatic heterocycles. The molecule has 0 saturated carbocycles. The van der Waals surface area contributed by atoms with Crippen molar-refractivity contribution >= 4 is 45.2 Å². The number of amides is 2. The fourth-order valence-electron chi connectivity index (χ4n) is 3.31. The minimum absolute atomic E-state index is 0.0424. The number of nitriles is 1. The normalized spacial score (nSPS) is 10.8. The van der Waals surface area contributed by atoms with Gasteiger partial charge in [-0.05, 0) is 77.3 Å². The average molecular weight is 552 g/mol. The van der Waals surface area contributed by atoms with Crippen LogP contribution in [0.1, 0.15) is 16.7 Å². The van der Waals surface area contributed by atoms with E-state index in [2.05, 4.69) is 26.6 Å². The van der Waals surface area contributed by atoms with Crippen LogP contribution in [-0.4, -0.2) is 25.5 Å². The number of anilines is 2. The number of rotatable bonds is 8. The van der Waals surface area contributed by atoms with Gasteiger partial charge < -0.3 is 20.1 Å². The first-order valence-electron chi connectivity index (χ1n) is 10.8. The standard InChI is InChI=1S/C27H23BrFN3O4/c1-16-8-9-22(17(2)10-16)32-27(34)19(14-30)11-18-12-20(28)26(24(13-18)35-3)36-15-25(33)31-23-7-5-4-6-21(23)29/h4-13H,15H2,1-3H3,(H,31,33)(H,32,34)/b19-11+. The first-order chi connectivity index (χ1) is 17.2. The molecule has 184 valence electrons. The quantitative estimate of drug-likeness (QED) is 0.273. The Morgan fingerprint density at radius 2 is 1.83 bits per heavy atom. The van der Waals surface area contributed by atoms with Gasteiger partial charge in [-0.1, -0.05) is 29.8 Å². The zero-order valence-electron chi connectivity index (χ0n) is 19.8. The number of halogens is 2. The van der Waals surface area contributed by atoms with Gasteiger partial charge in [0, 0.05) is 5.69 Å². The summed E-state index contributed by atoms with van der Waals surface area (Å²) in [5, 5.41) is 14.8. The number of methoxy groups -OCH3 is 1. The van der Waals surface area contributed by atoms with Crippen molar-refractivity contribution in [3.63, 3.8) is 0 Å². The van der Waals surface area contributed by atoms with Crippen molar-refractivity contribution in [3.8, 4) is 17.6 Å². The number of hydrogen-bond donors (Lipinski definition) is 2. The highest BCUT2D eigenvalue weighted by Crippen LogP contribution is 2.37. The zero-order valence-corrected chi connectivity index (χ0v) is 21.4. The predicted octanol–water partition coefficient (Wildman–Crippen LogP) is 5.78. The summed E-state index contributed by atoms with van der Waals surface area (Å²) >= 11 is 3.38. The largest absolute Gasteiger partial charge is 0.493 e. The van der Waals surface area contributed by atoms with Gasteiger partial charge in [0.15, 0.2) is 18.1 Å². The van der Waals surface area contributed by atoms with Crippen LogP contribution in [0.4, 0.5) is 15.8 Å². The van der Waals surface area contributed by atoms with E-state index in [0.717, 1.165) is 11.1 Å². The fourth-order valence-corrected chi connectivity index (χ4v) is 3.88.